The normalized spacial score (nSPS) is 27.5. The molecular weight excluding hydrogens is 292 g/mol. The Balaban J connectivity index is 1.47. The topological polar surface area (TPSA) is 6.48 Å². The summed E-state index contributed by atoms with van der Waals surface area (Å²) in [6.07, 6.45) is 2.48. The molecule has 0 aromatic heterocycles. The van der Waals surface area contributed by atoms with Crippen molar-refractivity contribution in [2.24, 2.45) is 11.8 Å². The molecule has 0 spiro atoms. The summed E-state index contributed by atoms with van der Waals surface area (Å²) in [7, 11) is 2.29. The first kappa shape index (κ1) is 15.9. The highest BCUT2D eigenvalue weighted by Crippen LogP contribution is 2.38. The predicted molar refractivity (Wildman–Crippen MR) is 99.9 cm³/mol. The monoisotopic (exact) mass is 320 g/mol. The fourth-order valence-corrected chi connectivity index (χ4v) is 4.81. The Morgan fingerprint density at radius 2 is 1.50 bits per heavy atom. The molecule has 0 aliphatic carbocycles. The van der Waals surface area contributed by atoms with Crippen LogP contribution in [0.15, 0.2) is 60.7 Å². The van der Waals surface area contributed by atoms with Gasteiger partial charge in [-0.15, -0.1) is 0 Å². The molecule has 3 atom stereocenters. The summed E-state index contributed by atoms with van der Waals surface area (Å²) in [5, 5.41) is 0. The van der Waals surface area contributed by atoms with E-state index in [1.165, 1.54) is 43.6 Å². The molecular formula is C22H28N2. The van der Waals surface area contributed by atoms with Crippen molar-refractivity contribution in [3.63, 3.8) is 0 Å². The highest BCUT2D eigenvalue weighted by molar-refractivity contribution is 5.17. The fraction of sp³-hybridized carbons (Fsp3) is 0.455. The highest BCUT2D eigenvalue weighted by atomic mass is 15.2. The van der Waals surface area contributed by atoms with Crippen molar-refractivity contribution in [2.45, 2.75) is 25.4 Å². The van der Waals surface area contributed by atoms with Crippen LogP contribution in [-0.4, -0.2) is 42.5 Å². The number of benzene rings is 2. The maximum Gasteiger partial charge on any atom is 0.0236 e. The number of aryl methyl sites for hydroxylation is 1. The van der Waals surface area contributed by atoms with Crippen LogP contribution in [0.5, 0.6) is 0 Å². The molecule has 2 nitrogen and oxygen atoms in total. The zero-order valence-corrected chi connectivity index (χ0v) is 14.6. The van der Waals surface area contributed by atoms with Crippen LogP contribution in [0.2, 0.25) is 0 Å². The minimum Gasteiger partial charge on any atom is -0.306 e. The van der Waals surface area contributed by atoms with Crippen molar-refractivity contribution >= 4 is 0 Å². The van der Waals surface area contributed by atoms with Crippen LogP contribution in [0.1, 0.15) is 17.5 Å². The second kappa shape index (κ2) is 7.08. The molecule has 2 fully saturated rings. The standard InChI is InChI=1S/C22H28N2/c1-23-15-20-16-24(14-19-10-6-3-7-11-19)22(21(20)17-23)13-12-18-8-4-2-5-9-18/h2-11,20-22H,12-17H2,1H3/t20-,21-,22+/m1/s1. The largest absolute Gasteiger partial charge is 0.306 e. The second-order valence-electron chi connectivity index (χ2n) is 7.65. The summed E-state index contributed by atoms with van der Waals surface area (Å²) < 4.78 is 0. The smallest absolute Gasteiger partial charge is 0.0236 e. The molecule has 0 radical (unpaired) electrons. The summed E-state index contributed by atoms with van der Waals surface area (Å²) in [5.41, 5.74) is 2.93. The van der Waals surface area contributed by atoms with Gasteiger partial charge in [0, 0.05) is 32.2 Å². The molecule has 0 N–H and O–H groups in total. The fourth-order valence-electron chi connectivity index (χ4n) is 4.81. The molecule has 2 aromatic rings. The van der Waals surface area contributed by atoms with Gasteiger partial charge in [-0.2, -0.15) is 0 Å². The minimum atomic E-state index is 0.723. The first-order valence-corrected chi connectivity index (χ1v) is 9.30. The molecule has 0 unspecified atom stereocenters. The van der Waals surface area contributed by atoms with Crippen LogP contribution in [0, 0.1) is 11.8 Å². The Hall–Kier alpha value is -1.64. The lowest BCUT2D eigenvalue weighted by atomic mass is 9.90. The van der Waals surface area contributed by atoms with E-state index in [1.54, 1.807) is 0 Å². The zero-order chi connectivity index (χ0) is 16.4. The van der Waals surface area contributed by atoms with E-state index in [9.17, 15) is 0 Å². The van der Waals surface area contributed by atoms with Crippen LogP contribution < -0.4 is 0 Å². The van der Waals surface area contributed by atoms with E-state index in [2.05, 4.69) is 77.5 Å². The van der Waals surface area contributed by atoms with Crippen molar-refractivity contribution in [3.8, 4) is 0 Å². The van der Waals surface area contributed by atoms with Gasteiger partial charge in [0.15, 0.2) is 0 Å². The van der Waals surface area contributed by atoms with Gasteiger partial charge in [-0.1, -0.05) is 60.7 Å². The lowest BCUT2D eigenvalue weighted by molar-refractivity contribution is 0.188. The Labute approximate surface area is 146 Å². The Morgan fingerprint density at radius 1 is 0.833 bits per heavy atom. The van der Waals surface area contributed by atoms with Crippen LogP contribution in [0.3, 0.4) is 0 Å². The van der Waals surface area contributed by atoms with Crippen molar-refractivity contribution in [1.29, 1.82) is 0 Å². The van der Waals surface area contributed by atoms with Crippen molar-refractivity contribution in [2.75, 3.05) is 26.7 Å². The zero-order valence-electron chi connectivity index (χ0n) is 14.6. The summed E-state index contributed by atoms with van der Waals surface area (Å²) in [6.45, 7) is 4.92. The predicted octanol–water partition coefficient (Wildman–Crippen LogP) is 3.68. The van der Waals surface area contributed by atoms with E-state index in [1.807, 2.05) is 0 Å². The molecule has 2 heteroatoms. The lowest BCUT2D eigenvalue weighted by Crippen LogP contribution is -2.36. The molecule has 126 valence electrons. The molecule has 24 heavy (non-hydrogen) atoms. The van der Waals surface area contributed by atoms with E-state index in [-0.39, 0.29) is 0 Å². The molecule has 2 aliphatic rings. The molecule has 0 bridgehead atoms. The van der Waals surface area contributed by atoms with Crippen molar-refractivity contribution in [1.82, 2.24) is 9.80 Å². The number of fused-ring (bicyclic) bond motifs is 1. The van der Waals surface area contributed by atoms with Crippen molar-refractivity contribution < 1.29 is 0 Å². The van der Waals surface area contributed by atoms with Gasteiger partial charge in [-0.25, -0.2) is 0 Å². The highest BCUT2D eigenvalue weighted by Gasteiger charge is 2.45. The number of likely N-dealkylation sites (tertiary alicyclic amines) is 2. The average molecular weight is 320 g/mol. The summed E-state index contributed by atoms with van der Waals surface area (Å²) >= 11 is 0. The van der Waals surface area contributed by atoms with Crippen LogP contribution >= 0.6 is 0 Å². The summed E-state index contributed by atoms with van der Waals surface area (Å²) in [4.78, 5) is 5.30. The molecule has 2 aliphatic heterocycles. The van der Waals surface area contributed by atoms with Gasteiger partial charge < -0.3 is 4.90 Å². The SMILES string of the molecule is CN1C[C@@H]2CN(Cc3ccccc3)[C@@H](CCc3ccccc3)[C@@H]2C1. The first-order chi connectivity index (χ1) is 11.8. The lowest BCUT2D eigenvalue weighted by Gasteiger charge is -2.29. The van der Waals surface area contributed by atoms with Crippen LogP contribution in [0.25, 0.3) is 0 Å². The molecule has 2 aromatic carbocycles. The molecule has 0 amide bonds. The van der Waals surface area contributed by atoms with Crippen LogP contribution in [-0.2, 0) is 13.0 Å². The van der Waals surface area contributed by atoms with Gasteiger partial charge in [0.25, 0.3) is 0 Å². The third-order valence-electron chi connectivity index (χ3n) is 5.91. The number of nitrogens with zero attached hydrogens (tertiary/aromatic N) is 2. The summed E-state index contributed by atoms with van der Waals surface area (Å²) in [6, 6.07) is 22.7. The number of rotatable bonds is 5. The first-order valence-electron chi connectivity index (χ1n) is 9.30. The van der Waals surface area contributed by atoms with Gasteiger partial charge in [-0.05, 0) is 42.9 Å². The maximum atomic E-state index is 2.76. The number of hydrogen-bond acceptors (Lipinski definition) is 2. The Bertz CT molecular complexity index is 640. The van der Waals surface area contributed by atoms with E-state index < -0.39 is 0 Å². The van der Waals surface area contributed by atoms with E-state index in [0.717, 1.165) is 24.4 Å². The van der Waals surface area contributed by atoms with Gasteiger partial charge in [-0.3, -0.25) is 4.90 Å². The van der Waals surface area contributed by atoms with Gasteiger partial charge in [0.1, 0.15) is 0 Å². The Morgan fingerprint density at radius 3 is 2.21 bits per heavy atom. The van der Waals surface area contributed by atoms with Gasteiger partial charge >= 0.3 is 0 Å². The van der Waals surface area contributed by atoms with E-state index in [4.69, 9.17) is 0 Å². The van der Waals surface area contributed by atoms with E-state index >= 15 is 0 Å². The van der Waals surface area contributed by atoms with E-state index in [0.29, 0.717) is 0 Å². The van der Waals surface area contributed by atoms with Crippen molar-refractivity contribution in [3.05, 3.63) is 71.8 Å². The van der Waals surface area contributed by atoms with Gasteiger partial charge in [0.2, 0.25) is 0 Å². The number of hydrogen-bond donors (Lipinski definition) is 0. The maximum absolute atomic E-state index is 2.76. The van der Waals surface area contributed by atoms with Gasteiger partial charge in [0.05, 0.1) is 0 Å². The molecule has 4 rings (SSSR count). The Kier molecular flexibility index (Phi) is 4.68. The molecule has 2 saturated heterocycles. The minimum absolute atomic E-state index is 0.723. The molecule has 0 saturated carbocycles. The second-order valence-corrected chi connectivity index (χ2v) is 7.65. The van der Waals surface area contributed by atoms with Crippen LogP contribution in [0.4, 0.5) is 0 Å². The molecule has 2 heterocycles. The quantitative estimate of drug-likeness (QED) is 0.829. The average Bonchev–Trinajstić information content (AvgIpc) is 3.11. The third kappa shape index (κ3) is 3.40. The summed E-state index contributed by atoms with van der Waals surface area (Å²) in [5.74, 6) is 1.71. The third-order valence-corrected chi connectivity index (χ3v) is 5.91.